The van der Waals surface area contributed by atoms with E-state index in [1.165, 1.54) is 12.2 Å². The van der Waals surface area contributed by atoms with Gasteiger partial charge in [0, 0.05) is 6.61 Å². The monoisotopic (exact) mass is 176 g/mol. The molecule has 1 fully saturated rings. The van der Waals surface area contributed by atoms with Crippen LogP contribution in [0, 0.1) is 0 Å². The summed E-state index contributed by atoms with van der Waals surface area (Å²) in [5, 5.41) is 9.27. The minimum Gasteiger partial charge on any atom is -0.396 e. The Morgan fingerprint density at radius 3 is 2.64 bits per heavy atom. The summed E-state index contributed by atoms with van der Waals surface area (Å²) in [6.45, 7) is 2.24. The molecule has 66 valence electrons. The van der Waals surface area contributed by atoms with Gasteiger partial charge in [0.1, 0.15) is 0 Å². The van der Waals surface area contributed by atoms with Crippen molar-refractivity contribution in [1.29, 1.82) is 0 Å². The number of ether oxygens (including phenoxy) is 1. The molecule has 0 aromatic carbocycles. The zero-order chi connectivity index (χ0) is 7.94. The van der Waals surface area contributed by atoms with Gasteiger partial charge in [0.05, 0.1) is 18.5 Å². The van der Waals surface area contributed by atoms with E-state index in [0.717, 1.165) is 31.3 Å². The van der Waals surface area contributed by atoms with Gasteiger partial charge in [-0.1, -0.05) is 6.42 Å². The highest BCUT2D eigenvalue weighted by Crippen LogP contribution is 2.20. The molecule has 0 saturated carbocycles. The van der Waals surface area contributed by atoms with E-state index < -0.39 is 0 Å². The van der Waals surface area contributed by atoms with Crippen LogP contribution in [0.5, 0.6) is 0 Å². The fourth-order valence-corrected chi connectivity index (χ4v) is 2.04. The summed E-state index contributed by atoms with van der Waals surface area (Å²) in [6.07, 6.45) is 3.36. The van der Waals surface area contributed by atoms with Gasteiger partial charge in [0.25, 0.3) is 0 Å². The van der Waals surface area contributed by atoms with Gasteiger partial charge in [0.15, 0.2) is 0 Å². The first-order chi connectivity index (χ1) is 5.43. The Balaban J connectivity index is 1.73. The zero-order valence-corrected chi connectivity index (χ0v) is 7.61. The van der Waals surface area contributed by atoms with Crippen molar-refractivity contribution in [3.8, 4) is 0 Å². The number of aliphatic hydroxyl groups is 1. The second kappa shape index (κ2) is 5.86. The highest BCUT2D eigenvalue weighted by molar-refractivity contribution is 8.00. The van der Waals surface area contributed by atoms with E-state index in [2.05, 4.69) is 0 Å². The molecular weight excluding hydrogens is 160 g/mol. The molecule has 0 radical (unpaired) electrons. The lowest BCUT2D eigenvalue weighted by Gasteiger charge is -2.25. The predicted molar refractivity (Wildman–Crippen MR) is 48.0 cm³/mol. The molecule has 0 spiro atoms. The van der Waals surface area contributed by atoms with E-state index in [4.69, 9.17) is 9.84 Å². The Bertz CT molecular complexity index is 94.1. The van der Waals surface area contributed by atoms with Crippen molar-refractivity contribution in [2.24, 2.45) is 0 Å². The van der Waals surface area contributed by atoms with E-state index in [1.54, 1.807) is 0 Å². The highest BCUT2D eigenvalue weighted by Gasteiger charge is 2.17. The minimum atomic E-state index is 0.344. The molecule has 1 rings (SSSR count). The smallest absolute Gasteiger partial charge is 0.0607 e. The molecule has 0 amide bonds. The summed E-state index contributed by atoms with van der Waals surface area (Å²) in [6, 6.07) is 0. The molecule has 1 heterocycles. The highest BCUT2D eigenvalue weighted by atomic mass is 32.2. The third-order valence-corrected chi connectivity index (χ3v) is 3.03. The van der Waals surface area contributed by atoms with Crippen LogP contribution in [0.2, 0.25) is 0 Å². The number of aliphatic hydroxyl groups excluding tert-OH is 1. The van der Waals surface area contributed by atoms with Gasteiger partial charge in [-0.15, -0.1) is 0 Å². The summed E-state index contributed by atoms with van der Waals surface area (Å²) in [5.74, 6) is 1.23. The first kappa shape index (κ1) is 9.36. The molecule has 0 aromatic heterocycles. The Morgan fingerprint density at radius 1 is 1.27 bits per heavy atom. The van der Waals surface area contributed by atoms with Gasteiger partial charge in [0.2, 0.25) is 0 Å². The Morgan fingerprint density at radius 2 is 2.09 bits per heavy atom. The lowest BCUT2D eigenvalue weighted by atomic mass is 10.3. The molecule has 0 unspecified atom stereocenters. The van der Waals surface area contributed by atoms with Crippen molar-refractivity contribution in [1.82, 2.24) is 0 Å². The molecule has 0 bridgehead atoms. The molecule has 0 aromatic rings. The van der Waals surface area contributed by atoms with Crippen molar-refractivity contribution in [2.45, 2.75) is 24.5 Å². The van der Waals surface area contributed by atoms with Crippen LogP contribution in [0.1, 0.15) is 19.3 Å². The van der Waals surface area contributed by atoms with Crippen LogP contribution in [0.25, 0.3) is 0 Å². The SMILES string of the molecule is OCCCCCSC1COC1. The van der Waals surface area contributed by atoms with E-state index >= 15 is 0 Å². The summed E-state index contributed by atoms with van der Waals surface area (Å²) >= 11 is 2.01. The van der Waals surface area contributed by atoms with Gasteiger partial charge >= 0.3 is 0 Å². The van der Waals surface area contributed by atoms with Crippen molar-refractivity contribution in [3.05, 3.63) is 0 Å². The van der Waals surface area contributed by atoms with Gasteiger partial charge in [-0.05, 0) is 18.6 Å². The quantitative estimate of drug-likeness (QED) is 0.618. The molecule has 1 aliphatic rings. The maximum atomic E-state index is 8.51. The summed E-state index contributed by atoms with van der Waals surface area (Å²) < 4.78 is 5.05. The zero-order valence-electron chi connectivity index (χ0n) is 6.79. The van der Waals surface area contributed by atoms with Crippen molar-refractivity contribution < 1.29 is 9.84 Å². The molecule has 1 saturated heterocycles. The molecule has 1 aliphatic heterocycles. The van der Waals surface area contributed by atoms with Crippen molar-refractivity contribution in [2.75, 3.05) is 25.6 Å². The number of thioether (sulfide) groups is 1. The first-order valence-corrected chi connectivity index (χ1v) is 5.28. The van der Waals surface area contributed by atoms with Crippen LogP contribution in [0.15, 0.2) is 0 Å². The van der Waals surface area contributed by atoms with Crippen molar-refractivity contribution >= 4 is 11.8 Å². The van der Waals surface area contributed by atoms with Crippen LogP contribution in [-0.2, 0) is 4.74 Å². The van der Waals surface area contributed by atoms with Gasteiger partial charge in [-0.25, -0.2) is 0 Å². The molecule has 1 N–H and O–H groups in total. The van der Waals surface area contributed by atoms with Crippen LogP contribution in [0.4, 0.5) is 0 Å². The third-order valence-electron chi connectivity index (χ3n) is 1.76. The molecule has 0 atom stereocenters. The maximum absolute atomic E-state index is 8.51. The maximum Gasteiger partial charge on any atom is 0.0607 e. The molecule has 0 aliphatic carbocycles. The number of hydrogen-bond donors (Lipinski definition) is 1. The van der Waals surface area contributed by atoms with Gasteiger partial charge in [-0.3, -0.25) is 0 Å². The Labute approximate surface area is 72.3 Å². The lowest BCUT2D eigenvalue weighted by Crippen LogP contribution is -2.30. The standard InChI is InChI=1S/C8H16O2S/c9-4-2-1-3-5-11-8-6-10-7-8/h8-9H,1-7H2. The molecular formula is C8H16O2S. The third kappa shape index (κ3) is 3.99. The van der Waals surface area contributed by atoms with Crippen LogP contribution in [-0.4, -0.2) is 35.9 Å². The van der Waals surface area contributed by atoms with Crippen LogP contribution in [0.3, 0.4) is 0 Å². The Hall–Kier alpha value is 0.270. The predicted octanol–water partition coefficient (Wildman–Crippen LogP) is 1.28. The Kier molecular flexibility index (Phi) is 4.99. The van der Waals surface area contributed by atoms with E-state index in [9.17, 15) is 0 Å². The van der Waals surface area contributed by atoms with Gasteiger partial charge in [-0.2, -0.15) is 11.8 Å². The first-order valence-electron chi connectivity index (χ1n) is 4.23. The molecule has 3 heteroatoms. The number of unbranched alkanes of at least 4 members (excludes halogenated alkanes) is 2. The molecule has 11 heavy (non-hydrogen) atoms. The summed E-state index contributed by atoms with van der Waals surface area (Å²) in [4.78, 5) is 0. The fourth-order valence-electron chi connectivity index (χ4n) is 0.951. The number of rotatable bonds is 6. The van der Waals surface area contributed by atoms with E-state index in [1.807, 2.05) is 11.8 Å². The van der Waals surface area contributed by atoms with Gasteiger partial charge < -0.3 is 9.84 Å². The summed E-state index contributed by atoms with van der Waals surface area (Å²) in [7, 11) is 0. The van der Waals surface area contributed by atoms with Crippen molar-refractivity contribution in [3.63, 3.8) is 0 Å². The molecule has 2 nitrogen and oxygen atoms in total. The topological polar surface area (TPSA) is 29.5 Å². The number of hydrogen-bond acceptors (Lipinski definition) is 3. The second-order valence-electron chi connectivity index (χ2n) is 2.81. The second-order valence-corrected chi connectivity index (χ2v) is 4.22. The fraction of sp³-hybridized carbons (Fsp3) is 1.00. The average Bonchev–Trinajstić information content (AvgIpc) is 1.93. The average molecular weight is 176 g/mol. The normalized spacial score (nSPS) is 18.3. The van der Waals surface area contributed by atoms with E-state index in [-0.39, 0.29) is 0 Å². The van der Waals surface area contributed by atoms with Crippen LogP contribution < -0.4 is 0 Å². The summed E-state index contributed by atoms with van der Waals surface area (Å²) in [5.41, 5.74) is 0. The van der Waals surface area contributed by atoms with E-state index in [0.29, 0.717) is 6.61 Å². The lowest BCUT2D eigenvalue weighted by molar-refractivity contribution is 0.0455. The minimum absolute atomic E-state index is 0.344. The largest absolute Gasteiger partial charge is 0.396 e. The van der Waals surface area contributed by atoms with Crippen LogP contribution >= 0.6 is 11.8 Å².